The SMILES string of the molecule is Cc1cc(C(=O)N2CCC3(CC2)[C@@H](O)C[C@H]3OCCN)c2cccc(C)c2n1. The van der Waals surface area contributed by atoms with E-state index in [-0.39, 0.29) is 23.5 Å². The molecule has 1 spiro atoms. The van der Waals surface area contributed by atoms with E-state index in [2.05, 4.69) is 4.98 Å². The van der Waals surface area contributed by atoms with Crippen molar-refractivity contribution in [2.45, 2.75) is 45.3 Å². The summed E-state index contributed by atoms with van der Waals surface area (Å²) in [5.41, 5.74) is 8.87. The fourth-order valence-corrected chi connectivity index (χ4v) is 4.82. The minimum atomic E-state index is -0.348. The first-order valence-corrected chi connectivity index (χ1v) is 10.1. The summed E-state index contributed by atoms with van der Waals surface area (Å²) in [5.74, 6) is 0.0455. The number of para-hydroxylation sites is 1. The number of hydrogen-bond acceptors (Lipinski definition) is 5. The number of nitrogens with zero attached hydrogens (tertiary/aromatic N) is 2. The van der Waals surface area contributed by atoms with Crippen LogP contribution >= 0.6 is 0 Å². The molecule has 2 atom stereocenters. The molecule has 1 aliphatic heterocycles. The zero-order valence-electron chi connectivity index (χ0n) is 16.6. The molecular formula is C22H29N3O3. The van der Waals surface area contributed by atoms with Gasteiger partial charge in [0, 0.05) is 42.6 Å². The van der Waals surface area contributed by atoms with E-state index in [0.717, 1.165) is 35.0 Å². The molecule has 2 fully saturated rings. The third-order valence-corrected chi connectivity index (χ3v) is 6.56. The topological polar surface area (TPSA) is 88.7 Å². The smallest absolute Gasteiger partial charge is 0.254 e. The fraction of sp³-hybridized carbons (Fsp3) is 0.545. The van der Waals surface area contributed by atoms with Gasteiger partial charge in [0.05, 0.1) is 29.9 Å². The molecule has 1 aromatic heterocycles. The van der Waals surface area contributed by atoms with Crippen LogP contribution in [-0.4, -0.2) is 59.3 Å². The number of aryl methyl sites for hydroxylation is 2. The quantitative estimate of drug-likeness (QED) is 0.845. The number of pyridine rings is 1. The Balaban J connectivity index is 1.54. The molecule has 1 aromatic carbocycles. The number of nitrogens with two attached hydrogens (primary N) is 1. The first kappa shape index (κ1) is 19.3. The summed E-state index contributed by atoms with van der Waals surface area (Å²) >= 11 is 0. The first-order chi connectivity index (χ1) is 13.5. The van der Waals surface area contributed by atoms with Crippen molar-refractivity contribution >= 4 is 16.8 Å². The van der Waals surface area contributed by atoms with E-state index in [9.17, 15) is 9.90 Å². The lowest BCUT2D eigenvalue weighted by atomic mass is 9.58. The van der Waals surface area contributed by atoms with E-state index in [1.807, 2.05) is 43.0 Å². The molecule has 0 unspecified atom stereocenters. The average molecular weight is 383 g/mol. The van der Waals surface area contributed by atoms with Crippen molar-refractivity contribution < 1.29 is 14.6 Å². The highest BCUT2D eigenvalue weighted by Crippen LogP contribution is 2.51. The van der Waals surface area contributed by atoms with Crippen LogP contribution in [0, 0.1) is 19.3 Å². The summed E-state index contributed by atoms with van der Waals surface area (Å²) in [4.78, 5) is 19.9. The van der Waals surface area contributed by atoms with Gasteiger partial charge in [0.15, 0.2) is 0 Å². The lowest BCUT2D eigenvalue weighted by Crippen LogP contribution is -2.62. The van der Waals surface area contributed by atoms with Crippen molar-refractivity contribution in [3.63, 3.8) is 0 Å². The van der Waals surface area contributed by atoms with Gasteiger partial charge in [-0.2, -0.15) is 0 Å². The number of aliphatic hydroxyl groups excluding tert-OH is 1. The number of fused-ring (bicyclic) bond motifs is 1. The molecule has 1 saturated heterocycles. The number of carbonyl (C=O) groups excluding carboxylic acids is 1. The Hall–Kier alpha value is -2.02. The number of benzene rings is 1. The Kier molecular flexibility index (Phi) is 5.12. The molecule has 150 valence electrons. The van der Waals surface area contributed by atoms with Crippen molar-refractivity contribution in [1.29, 1.82) is 0 Å². The summed E-state index contributed by atoms with van der Waals surface area (Å²) in [7, 11) is 0. The number of hydrogen-bond donors (Lipinski definition) is 2. The van der Waals surface area contributed by atoms with E-state index < -0.39 is 0 Å². The maximum Gasteiger partial charge on any atom is 0.254 e. The molecular weight excluding hydrogens is 354 g/mol. The zero-order valence-corrected chi connectivity index (χ0v) is 16.6. The van der Waals surface area contributed by atoms with Crippen LogP contribution in [0.15, 0.2) is 24.3 Å². The van der Waals surface area contributed by atoms with E-state index in [0.29, 0.717) is 38.2 Å². The molecule has 2 heterocycles. The van der Waals surface area contributed by atoms with Gasteiger partial charge >= 0.3 is 0 Å². The molecule has 1 saturated carbocycles. The summed E-state index contributed by atoms with van der Waals surface area (Å²) < 4.78 is 5.86. The lowest BCUT2D eigenvalue weighted by Gasteiger charge is -2.56. The summed E-state index contributed by atoms with van der Waals surface area (Å²) in [5, 5.41) is 11.3. The summed E-state index contributed by atoms with van der Waals surface area (Å²) in [6.07, 6.45) is 1.89. The van der Waals surface area contributed by atoms with Crippen molar-refractivity contribution in [2.75, 3.05) is 26.2 Å². The highest BCUT2D eigenvalue weighted by Gasteiger charge is 2.56. The highest BCUT2D eigenvalue weighted by molar-refractivity contribution is 6.06. The minimum absolute atomic E-state index is 0.0455. The number of ether oxygens (including phenoxy) is 1. The van der Waals surface area contributed by atoms with Crippen molar-refractivity contribution in [1.82, 2.24) is 9.88 Å². The van der Waals surface area contributed by atoms with Crippen LogP contribution in [0.1, 0.15) is 40.9 Å². The van der Waals surface area contributed by atoms with Crippen molar-refractivity contribution in [3.8, 4) is 0 Å². The van der Waals surface area contributed by atoms with E-state index in [1.165, 1.54) is 0 Å². The monoisotopic (exact) mass is 383 g/mol. The number of piperidine rings is 1. The van der Waals surface area contributed by atoms with Gasteiger partial charge in [-0.05, 0) is 38.3 Å². The second-order valence-corrected chi connectivity index (χ2v) is 8.21. The fourth-order valence-electron chi connectivity index (χ4n) is 4.82. The van der Waals surface area contributed by atoms with Crippen LogP contribution in [-0.2, 0) is 4.74 Å². The standard InChI is InChI=1S/C22H29N3O3/c1-14-4-3-5-16-17(12-15(2)24-20(14)16)21(27)25-9-6-22(7-10-25)18(26)13-19(22)28-11-8-23/h3-5,12,18-19,26H,6-11,13,23H2,1-2H3/t18-,19+/m0/s1. The number of aromatic nitrogens is 1. The summed E-state index contributed by atoms with van der Waals surface area (Å²) in [6, 6.07) is 7.85. The summed E-state index contributed by atoms with van der Waals surface area (Å²) in [6.45, 7) is 6.22. The Bertz CT molecular complexity index is 890. The molecule has 1 aliphatic carbocycles. The van der Waals surface area contributed by atoms with E-state index in [4.69, 9.17) is 10.5 Å². The molecule has 6 heteroatoms. The van der Waals surface area contributed by atoms with Gasteiger partial charge in [0.25, 0.3) is 5.91 Å². The molecule has 28 heavy (non-hydrogen) atoms. The predicted molar refractivity (Wildman–Crippen MR) is 108 cm³/mol. The maximum atomic E-state index is 13.3. The number of likely N-dealkylation sites (tertiary alicyclic amines) is 1. The Morgan fingerprint density at radius 1 is 1.36 bits per heavy atom. The Labute approximate surface area is 165 Å². The molecule has 0 radical (unpaired) electrons. The second-order valence-electron chi connectivity index (χ2n) is 8.21. The highest BCUT2D eigenvalue weighted by atomic mass is 16.5. The second kappa shape index (κ2) is 7.43. The molecule has 2 aliphatic rings. The third kappa shape index (κ3) is 3.09. The van der Waals surface area contributed by atoms with Gasteiger partial charge in [-0.25, -0.2) is 0 Å². The number of aliphatic hydroxyl groups is 1. The van der Waals surface area contributed by atoms with E-state index >= 15 is 0 Å². The zero-order chi connectivity index (χ0) is 19.9. The van der Waals surface area contributed by atoms with Gasteiger partial charge in [0.1, 0.15) is 0 Å². The van der Waals surface area contributed by atoms with Gasteiger partial charge < -0.3 is 20.5 Å². The normalized spacial score (nSPS) is 23.8. The third-order valence-electron chi connectivity index (χ3n) is 6.56. The number of carbonyl (C=O) groups is 1. The van der Waals surface area contributed by atoms with Crippen LogP contribution in [0.3, 0.4) is 0 Å². The van der Waals surface area contributed by atoms with Crippen LogP contribution in [0.25, 0.3) is 10.9 Å². The van der Waals surface area contributed by atoms with Crippen molar-refractivity contribution in [2.24, 2.45) is 11.1 Å². The number of rotatable bonds is 4. The van der Waals surface area contributed by atoms with Crippen molar-refractivity contribution in [3.05, 3.63) is 41.1 Å². The van der Waals surface area contributed by atoms with Gasteiger partial charge in [0.2, 0.25) is 0 Å². The van der Waals surface area contributed by atoms with Crippen LogP contribution in [0.4, 0.5) is 0 Å². The molecule has 2 aromatic rings. The molecule has 6 nitrogen and oxygen atoms in total. The van der Waals surface area contributed by atoms with Crippen LogP contribution in [0.5, 0.6) is 0 Å². The number of amides is 1. The average Bonchev–Trinajstić information content (AvgIpc) is 2.70. The largest absolute Gasteiger partial charge is 0.392 e. The van der Waals surface area contributed by atoms with Gasteiger partial charge in [-0.1, -0.05) is 18.2 Å². The molecule has 1 amide bonds. The Morgan fingerprint density at radius 2 is 2.11 bits per heavy atom. The van der Waals surface area contributed by atoms with Gasteiger partial charge in [-0.15, -0.1) is 0 Å². The first-order valence-electron chi connectivity index (χ1n) is 10.1. The maximum absolute atomic E-state index is 13.3. The van der Waals surface area contributed by atoms with Gasteiger partial charge in [-0.3, -0.25) is 9.78 Å². The minimum Gasteiger partial charge on any atom is -0.392 e. The Morgan fingerprint density at radius 3 is 2.79 bits per heavy atom. The molecule has 3 N–H and O–H groups in total. The van der Waals surface area contributed by atoms with Crippen LogP contribution < -0.4 is 5.73 Å². The van der Waals surface area contributed by atoms with E-state index in [1.54, 1.807) is 0 Å². The molecule has 4 rings (SSSR count). The lowest BCUT2D eigenvalue weighted by molar-refractivity contribution is -0.207. The molecule has 0 bridgehead atoms. The predicted octanol–water partition coefficient (Wildman–Crippen LogP) is 2.18. The van der Waals surface area contributed by atoms with Crippen LogP contribution in [0.2, 0.25) is 0 Å².